The van der Waals surface area contributed by atoms with Crippen molar-refractivity contribution in [1.82, 2.24) is 5.32 Å². The van der Waals surface area contributed by atoms with Gasteiger partial charge in [0.2, 0.25) is 0 Å². The van der Waals surface area contributed by atoms with Crippen LogP contribution in [-0.4, -0.2) is 44.5 Å². The first-order valence-corrected chi connectivity index (χ1v) is 6.62. The van der Waals surface area contributed by atoms with Gasteiger partial charge in [-0.25, -0.2) is 0 Å². The van der Waals surface area contributed by atoms with Crippen LogP contribution >= 0.6 is 0 Å². The van der Waals surface area contributed by atoms with E-state index in [0.717, 1.165) is 37.2 Å². The smallest absolute Gasteiger partial charge is 0.170 e. The Hall–Kier alpha value is -1.63. The summed E-state index contributed by atoms with van der Waals surface area (Å²) < 4.78 is 10.3. The maximum atomic E-state index is 8.64. The van der Waals surface area contributed by atoms with Gasteiger partial charge in [0.1, 0.15) is 0 Å². The van der Waals surface area contributed by atoms with Crippen LogP contribution < -0.4 is 11.1 Å². The summed E-state index contributed by atoms with van der Waals surface area (Å²) >= 11 is 0. The number of amidine groups is 1. The summed E-state index contributed by atoms with van der Waals surface area (Å²) in [6.45, 7) is 3.61. The van der Waals surface area contributed by atoms with E-state index in [1.165, 1.54) is 0 Å². The molecule has 0 heterocycles. The fourth-order valence-corrected chi connectivity index (χ4v) is 1.67. The monoisotopic (exact) mass is 281 g/mol. The standard InChI is InChI=1S/C14H23N3O3/c1-19-8-9-20-7-3-6-16-11-12-4-2-5-13(10-12)14(15)17-18/h2,4-5,10,16,18H,3,6-9,11H2,1H3,(H2,15,17). The van der Waals surface area contributed by atoms with E-state index in [1.807, 2.05) is 24.3 Å². The lowest BCUT2D eigenvalue weighted by molar-refractivity contribution is 0.0695. The Morgan fingerprint density at radius 1 is 1.35 bits per heavy atom. The second kappa shape index (κ2) is 10.2. The second-order valence-electron chi connectivity index (χ2n) is 4.32. The Labute approximate surface area is 119 Å². The molecule has 0 fully saturated rings. The zero-order chi connectivity index (χ0) is 14.6. The Bertz CT molecular complexity index is 410. The topological polar surface area (TPSA) is 89.1 Å². The average molecular weight is 281 g/mol. The minimum atomic E-state index is 0.124. The van der Waals surface area contributed by atoms with E-state index < -0.39 is 0 Å². The largest absolute Gasteiger partial charge is 0.409 e. The van der Waals surface area contributed by atoms with Gasteiger partial charge in [-0.2, -0.15) is 0 Å². The van der Waals surface area contributed by atoms with Gasteiger partial charge in [0.05, 0.1) is 13.2 Å². The van der Waals surface area contributed by atoms with E-state index in [-0.39, 0.29) is 5.84 Å². The van der Waals surface area contributed by atoms with Gasteiger partial charge >= 0.3 is 0 Å². The van der Waals surface area contributed by atoms with Crippen molar-refractivity contribution in [3.05, 3.63) is 35.4 Å². The third kappa shape index (κ3) is 6.51. The van der Waals surface area contributed by atoms with Crippen LogP contribution in [0.5, 0.6) is 0 Å². The number of benzene rings is 1. The first kappa shape index (κ1) is 16.4. The van der Waals surface area contributed by atoms with Crippen molar-refractivity contribution in [2.75, 3.05) is 33.5 Å². The van der Waals surface area contributed by atoms with E-state index in [1.54, 1.807) is 7.11 Å². The van der Waals surface area contributed by atoms with Gasteiger partial charge < -0.3 is 25.7 Å². The predicted molar refractivity (Wildman–Crippen MR) is 78.0 cm³/mol. The molecule has 0 bridgehead atoms. The number of hydrogen-bond acceptors (Lipinski definition) is 5. The molecule has 6 heteroatoms. The predicted octanol–water partition coefficient (Wildman–Crippen LogP) is 0.924. The average Bonchev–Trinajstić information content (AvgIpc) is 2.49. The molecule has 0 saturated carbocycles. The van der Waals surface area contributed by atoms with Crippen molar-refractivity contribution in [3.8, 4) is 0 Å². The van der Waals surface area contributed by atoms with Crippen molar-refractivity contribution >= 4 is 5.84 Å². The van der Waals surface area contributed by atoms with Crippen molar-refractivity contribution in [2.24, 2.45) is 10.9 Å². The number of oxime groups is 1. The summed E-state index contributed by atoms with van der Waals surface area (Å²) in [6.07, 6.45) is 0.948. The SMILES string of the molecule is COCCOCCCNCc1cccc(/C(N)=N/O)c1. The number of hydrogen-bond donors (Lipinski definition) is 3. The molecule has 4 N–H and O–H groups in total. The maximum Gasteiger partial charge on any atom is 0.170 e. The number of methoxy groups -OCH3 is 1. The molecular formula is C14H23N3O3. The number of nitrogens with two attached hydrogens (primary N) is 1. The van der Waals surface area contributed by atoms with Crippen LogP contribution in [0, 0.1) is 0 Å². The Kier molecular flexibility index (Phi) is 8.37. The molecule has 1 aromatic rings. The van der Waals surface area contributed by atoms with E-state index in [4.69, 9.17) is 20.4 Å². The van der Waals surface area contributed by atoms with Crippen LogP contribution in [0.1, 0.15) is 17.5 Å². The molecule has 1 aromatic carbocycles. The lowest BCUT2D eigenvalue weighted by Crippen LogP contribution is -2.18. The Morgan fingerprint density at radius 3 is 2.95 bits per heavy atom. The summed E-state index contributed by atoms with van der Waals surface area (Å²) in [5.74, 6) is 0.124. The normalized spacial score (nSPS) is 11.8. The minimum absolute atomic E-state index is 0.124. The molecule has 0 saturated heterocycles. The molecule has 6 nitrogen and oxygen atoms in total. The number of nitrogens with zero attached hydrogens (tertiary/aromatic N) is 1. The molecule has 0 amide bonds. The van der Waals surface area contributed by atoms with Crippen LogP contribution in [-0.2, 0) is 16.0 Å². The highest BCUT2D eigenvalue weighted by atomic mass is 16.5. The van der Waals surface area contributed by atoms with Gasteiger partial charge in [0.25, 0.3) is 0 Å². The molecule has 0 unspecified atom stereocenters. The van der Waals surface area contributed by atoms with Crippen molar-refractivity contribution in [3.63, 3.8) is 0 Å². The summed E-state index contributed by atoms with van der Waals surface area (Å²) in [6, 6.07) is 7.59. The maximum absolute atomic E-state index is 8.64. The van der Waals surface area contributed by atoms with Crippen molar-refractivity contribution < 1.29 is 14.7 Å². The van der Waals surface area contributed by atoms with Gasteiger partial charge in [0.15, 0.2) is 5.84 Å². The zero-order valence-electron chi connectivity index (χ0n) is 11.8. The number of ether oxygens (including phenoxy) is 2. The first-order chi connectivity index (χ1) is 9.77. The van der Waals surface area contributed by atoms with E-state index in [0.29, 0.717) is 13.2 Å². The number of nitrogens with one attached hydrogen (secondary N) is 1. The highest BCUT2D eigenvalue weighted by Crippen LogP contribution is 2.04. The quantitative estimate of drug-likeness (QED) is 0.195. The van der Waals surface area contributed by atoms with Crippen LogP contribution in [0.3, 0.4) is 0 Å². The third-order valence-corrected chi connectivity index (χ3v) is 2.73. The van der Waals surface area contributed by atoms with E-state index >= 15 is 0 Å². The Balaban J connectivity index is 2.19. The molecule has 0 spiro atoms. The summed E-state index contributed by atoms with van der Waals surface area (Å²) in [5, 5.41) is 15.0. The third-order valence-electron chi connectivity index (χ3n) is 2.73. The Morgan fingerprint density at radius 2 is 2.20 bits per heavy atom. The highest BCUT2D eigenvalue weighted by molar-refractivity contribution is 5.97. The molecular weight excluding hydrogens is 258 g/mol. The minimum Gasteiger partial charge on any atom is -0.409 e. The first-order valence-electron chi connectivity index (χ1n) is 6.62. The molecule has 0 aliphatic carbocycles. The molecule has 112 valence electrons. The lowest BCUT2D eigenvalue weighted by atomic mass is 10.1. The fourth-order valence-electron chi connectivity index (χ4n) is 1.67. The second-order valence-corrected chi connectivity index (χ2v) is 4.32. The van der Waals surface area contributed by atoms with Crippen molar-refractivity contribution in [2.45, 2.75) is 13.0 Å². The van der Waals surface area contributed by atoms with Gasteiger partial charge in [-0.1, -0.05) is 23.4 Å². The van der Waals surface area contributed by atoms with Crippen LogP contribution in [0.25, 0.3) is 0 Å². The van der Waals surface area contributed by atoms with Gasteiger partial charge in [-0.3, -0.25) is 0 Å². The molecule has 1 rings (SSSR count). The fraction of sp³-hybridized carbons (Fsp3) is 0.500. The summed E-state index contributed by atoms with van der Waals surface area (Å²) in [7, 11) is 1.66. The summed E-state index contributed by atoms with van der Waals surface area (Å²) in [5.41, 5.74) is 7.36. The highest BCUT2D eigenvalue weighted by Gasteiger charge is 2.00. The molecule has 0 atom stereocenters. The van der Waals surface area contributed by atoms with Gasteiger partial charge in [0, 0.05) is 25.8 Å². The molecule has 0 aliphatic rings. The summed E-state index contributed by atoms with van der Waals surface area (Å²) in [4.78, 5) is 0. The lowest BCUT2D eigenvalue weighted by Gasteiger charge is -2.07. The van der Waals surface area contributed by atoms with Gasteiger partial charge in [-0.15, -0.1) is 0 Å². The van der Waals surface area contributed by atoms with Crippen LogP contribution in [0.15, 0.2) is 29.4 Å². The molecule has 20 heavy (non-hydrogen) atoms. The van der Waals surface area contributed by atoms with Crippen LogP contribution in [0.4, 0.5) is 0 Å². The molecule has 0 aliphatic heterocycles. The molecule has 0 radical (unpaired) electrons. The van der Waals surface area contributed by atoms with Crippen molar-refractivity contribution in [1.29, 1.82) is 0 Å². The van der Waals surface area contributed by atoms with E-state index in [2.05, 4.69) is 10.5 Å². The van der Waals surface area contributed by atoms with E-state index in [9.17, 15) is 0 Å². The molecule has 0 aromatic heterocycles. The zero-order valence-corrected chi connectivity index (χ0v) is 11.8. The number of rotatable bonds is 10. The van der Waals surface area contributed by atoms with Crippen LogP contribution in [0.2, 0.25) is 0 Å². The van der Waals surface area contributed by atoms with Gasteiger partial charge in [-0.05, 0) is 24.6 Å².